The number of pyridine rings is 1. The Kier molecular flexibility index (Phi) is 5.46. The predicted molar refractivity (Wildman–Crippen MR) is 125 cm³/mol. The molecular weight excluding hydrogens is 362 g/mol. The maximum Gasteiger partial charge on any atom is 0.213 e. The smallest absolute Gasteiger partial charge is 0.201 e. The summed E-state index contributed by atoms with van der Waals surface area (Å²) < 4.78 is 2.23. The average Bonchev–Trinajstić information content (AvgIpc) is 2.80. The van der Waals surface area contributed by atoms with E-state index in [1.54, 1.807) is 5.56 Å². The Labute approximate surface area is 181 Å². The fourth-order valence-electron chi connectivity index (χ4n) is 6.00. The molecule has 2 aliphatic carbocycles. The van der Waals surface area contributed by atoms with Crippen LogP contribution in [-0.4, -0.2) is 0 Å². The fraction of sp³-hybridized carbons (Fsp3) is 0.414. The zero-order chi connectivity index (χ0) is 20.5. The van der Waals surface area contributed by atoms with E-state index in [1.165, 1.54) is 72.9 Å². The molecule has 3 aromatic rings. The van der Waals surface area contributed by atoms with E-state index in [2.05, 4.69) is 85.4 Å². The second-order valence-corrected chi connectivity index (χ2v) is 9.66. The first kappa shape index (κ1) is 19.5. The Bertz CT molecular complexity index is 1020. The van der Waals surface area contributed by atoms with E-state index in [4.69, 9.17) is 0 Å². The van der Waals surface area contributed by atoms with Gasteiger partial charge in [-0.05, 0) is 72.3 Å². The molecule has 1 unspecified atom stereocenters. The number of nitrogens with zero attached hydrogens (tertiary/aromatic N) is 1. The van der Waals surface area contributed by atoms with Crippen LogP contribution in [0.5, 0.6) is 0 Å². The topological polar surface area (TPSA) is 3.88 Å². The second-order valence-electron chi connectivity index (χ2n) is 9.66. The van der Waals surface area contributed by atoms with Gasteiger partial charge in [-0.1, -0.05) is 68.1 Å². The lowest BCUT2D eigenvalue weighted by molar-refractivity contribution is -0.660. The SMILES string of the molecule is Cc1ccccc1-c1cc(-c2ccc(C3CC[C@@H]4CCCC[C@H]4C3)cc2)cc[n+]1C. The Morgan fingerprint density at radius 1 is 0.767 bits per heavy atom. The maximum atomic E-state index is 2.41. The quantitative estimate of drug-likeness (QED) is 0.411. The summed E-state index contributed by atoms with van der Waals surface area (Å²) in [5, 5.41) is 0. The second kappa shape index (κ2) is 8.38. The predicted octanol–water partition coefficient (Wildman–Crippen LogP) is 7.23. The van der Waals surface area contributed by atoms with Crippen molar-refractivity contribution in [2.75, 3.05) is 0 Å². The lowest BCUT2D eigenvalue weighted by Crippen LogP contribution is -2.30. The van der Waals surface area contributed by atoms with E-state index >= 15 is 0 Å². The summed E-state index contributed by atoms with van der Waals surface area (Å²) >= 11 is 0. The highest BCUT2D eigenvalue weighted by Crippen LogP contribution is 2.46. The molecule has 3 atom stereocenters. The largest absolute Gasteiger partial charge is 0.213 e. The number of hydrogen-bond acceptors (Lipinski definition) is 0. The Hall–Kier alpha value is -2.41. The van der Waals surface area contributed by atoms with E-state index in [9.17, 15) is 0 Å². The summed E-state index contributed by atoms with van der Waals surface area (Å²) in [7, 11) is 2.14. The van der Waals surface area contributed by atoms with Crippen LogP contribution in [0.2, 0.25) is 0 Å². The molecule has 2 aliphatic rings. The minimum Gasteiger partial charge on any atom is -0.201 e. The van der Waals surface area contributed by atoms with Crippen molar-refractivity contribution in [1.82, 2.24) is 0 Å². The molecule has 154 valence electrons. The zero-order valence-electron chi connectivity index (χ0n) is 18.5. The van der Waals surface area contributed by atoms with E-state index in [0.29, 0.717) is 0 Å². The van der Waals surface area contributed by atoms with Gasteiger partial charge in [-0.2, -0.15) is 0 Å². The fourth-order valence-corrected chi connectivity index (χ4v) is 6.00. The van der Waals surface area contributed by atoms with Crippen LogP contribution >= 0.6 is 0 Å². The molecule has 2 fully saturated rings. The van der Waals surface area contributed by atoms with Crippen molar-refractivity contribution in [3.8, 4) is 22.4 Å². The van der Waals surface area contributed by atoms with Crippen molar-refractivity contribution in [2.45, 2.75) is 57.8 Å². The lowest BCUT2D eigenvalue weighted by Gasteiger charge is -2.39. The van der Waals surface area contributed by atoms with E-state index in [-0.39, 0.29) is 0 Å². The summed E-state index contributed by atoms with van der Waals surface area (Å²) in [5.74, 6) is 2.79. The maximum absolute atomic E-state index is 2.41. The Morgan fingerprint density at radius 2 is 1.53 bits per heavy atom. The molecule has 2 aromatic carbocycles. The number of aryl methyl sites for hydroxylation is 2. The number of aromatic nitrogens is 1. The molecule has 2 saturated carbocycles. The van der Waals surface area contributed by atoms with E-state index < -0.39 is 0 Å². The monoisotopic (exact) mass is 396 g/mol. The summed E-state index contributed by atoms with van der Waals surface area (Å²) in [6.45, 7) is 2.19. The molecular formula is C29H34N+. The summed E-state index contributed by atoms with van der Waals surface area (Å²) in [6, 6.07) is 22.7. The average molecular weight is 397 g/mol. The van der Waals surface area contributed by atoms with Gasteiger partial charge in [0.25, 0.3) is 0 Å². The van der Waals surface area contributed by atoms with Crippen LogP contribution in [0.1, 0.15) is 62.0 Å². The minimum absolute atomic E-state index is 0.773. The molecule has 0 aliphatic heterocycles. The van der Waals surface area contributed by atoms with Gasteiger partial charge in [0.2, 0.25) is 5.69 Å². The standard InChI is InChI=1S/C29H34N/c1-21-7-3-6-10-28(21)29-20-27(17-18-30(29)2)24-13-11-23(12-14-24)26-16-15-22-8-4-5-9-25(22)19-26/h3,6-7,10-14,17-18,20,22,25-26H,4-5,8-9,15-16,19H2,1-2H3/q+1/t22-,25-,26?/m0/s1. The van der Waals surface area contributed by atoms with Crippen molar-refractivity contribution in [2.24, 2.45) is 18.9 Å². The van der Waals surface area contributed by atoms with E-state index in [0.717, 1.165) is 17.8 Å². The van der Waals surface area contributed by atoms with Crippen molar-refractivity contribution in [1.29, 1.82) is 0 Å². The van der Waals surface area contributed by atoms with E-state index in [1.807, 2.05) is 0 Å². The van der Waals surface area contributed by atoms with Gasteiger partial charge in [-0.15, -0.1) is 0 Å². The first-order valence-electron chi connectivity index (χ1n) is 11.8. The van der Waals surface area contributed by atoms with Gasteiger partial charge in [0.15, 0.2) is 6.20 Å². The highest BCUT2D eigenvalue weighted by atomic mass is 14.9. The molecule has 30 heavy (non-hydrogen) atoms. The van der Waals surface area contributed by atoms with Crippen LogP contribution in [0, 0.1) is 18.8 Å². The molecule has 5 rings (SSSR count). The summed E-state index contributed by atoms with van der Waals surface area (Å²) in [4.78, 5) is 0. The molecule has 0 spiro atoms. The van der Waals surface area contributed by atoms with Crippen LogP contribution in [-0.2, 0) is 7.05 Å². The number of rotatable bonds is 3. The van der Waals surface area contributed by atoms with Gasteiger partial charge >= 0.3 is 0 Å². The molecule has 1 aromatic heterocycles. The molecule has 0 amide bonds. The third-order valence-electron chi connectivity index (χ3n) is 7.83. The van der Waals surface area contributed by atoms with Crippen LogP contribution in [0.25, 0.3) is 22.4 Å². The molecule has 0 saturated heterocycles. The zero-order valence-corrected chi connectivity index (χ0v) is 18.5. The first-order valence-corrected chi connectivity index (χ1v) is 11.8. The van der Waals surface area contributed by atoms with Gasteiger partial charge in [-0.25, -0.2) is 4.57 Å². The normalized spacial score (nSPS) is 23.7. The van der Waals surface area contributed by atoms with Gasteiger partial charge < -0.3 is 0 Å². The Balaban J connectivity index is 1.38. The third-order valence-corrected chi connectivity index (χ3v) is 7.83. The van der Waals surface area contributed by atoms with Gasteiger partial charge in [0.05, 0.1) is 0 Å². The van der Waals surface area contributed by atoms with Crippen molar-refractivity contribution >= 4 is 0 Å². The molecule has 0 N–H and O–H groups in total. The van der Waals surface area contributed by atoms with Crippen molar-refractivity contribution in [3.05, 3.63) is 78.0 Å². The van der Waals surface area contributed by atoms with Crippen LogP contribution < -0.4 is 4.57 Å². The van der Waals surface area contributed by atoms with Crippen molar-refractivity contribution < 1.29 is 4.57 Å². The van der Waals surface area contributed by atoms with Gasteiger partial charge in [-0.3, -0.25) is 0 Å². The molecule has 1 heteroatoms. The minimum atomic E-state index is 0.773. The highest BCUT2D eigenvalue weighted by molar-refractivity contribution is 5.70. The van der Waals surface area contributed by atoms with Crippen molar-refractivity contribution in [3.63, 3.8) is 0 Å². The number of benzene rings is 2. The summed E-state index contributed by atoms with van der Waals surface area (Å²) in [6.07, 6.45) is 12.3. The van der Waals surface area contributed by atoms with Gasteiger partial charge in [0.1, 0.15) is 7.05 Å². The molecule has 1 heterocycles. The third kappa shape index (κ3) is 3.83. The van der Waals surface area contributed by atoms with Crippen LogP contribution in [0.3, 0.4) is 0 Å². The lowest BCUT2D eigenvalue weighted by atomic mass is 9.66. The van der Waals surface area contributed by atoms with Gasteiger partial charge in [0, 0.05) is 17.7 Å². The molecule has 0 bridgehead atoms. The molecule has 0 radical (unpaired) electrons. The first-order chi connectivity index (χ1) is 14.7. The highest BCUT2D eigenvalue weighted by Gasteiger charge is 2.32. The Morgan fingerprint density at radius 3 is 2.33 bits per heavy atom. The van der Waals surface area contributed by atoms with Crippen LogP contribution in [0.4, 0.5) is 0 Å². The summed E-state index contributed by atoms with van der Waals surface area (Å²) in [5.41, 5.74) is 8.07. The number of hydrogen-bond donors (Lipinski definition) is 0. The van der Waals surface area contributed by atoms with Crippen LogP contribution in [0.15, 0.2) is 66.9 Å². The number of fused-ring (bicyclic) bond motifs is 1. The molecule has 1 nitrogen and oxygen atoms in total.